The molecular formula is C69H119NO8. The van der Waals surface area contributed by atoms with Crippen LogP contribution in [0.2, 0.25) is 0 Å². The second-order valence-corrected chi connectivity index (χ2v) is 21.8. The summed E-state index contributed by atoms with van der Waals surface area (Å²) < 4.78 is 11.3. The zero-order valence-electron chi connectivity index (χ0n) is 49.9. The Bertz CT molecular complexity index is 1590. The first-order valence-corrected chi connectivity index (χ1v) is 32.1. The second-order valence-electron chi connectivity index (χ2n) is 21.8. The van der Waals surface area contributed by atoms with Crippen molar-refractivity contribution in [2.45, 2.75) is 307 Å². The van der Waals surface area contributed by atoms with Crippen LogP contribution >= 0.6 is 0 Å². The van der Waals surface area contributed by atoms with E-state index in [-0.39, 0.29) is 12.5 Å². The number of rotatable bonds is 54. The number of unbranched alkanes of at least 4 members (excludes halogenated alkanes) is 28. The fourth-order valence-corrected chi connectivity index (χ4v) is 9.55. The van der Waals surface area contributed by atoms with Crippen LogP contribution in [0, 0.1) is 0 Å². The van der Waals surface area contributed by atoms with Gasteiger partial charge in [0.1, 0.15) is 24.4 Å². The van der Waals surface area contributed by atoms with Gasteiger partial charge in [-0.1, -0.05) is 271 Å². The van der Waals surface area contributed by atoms with Crippen molar-refractivity contribution in [2.24, 2.45) is 0 Å². The molecule has 1 aliphatic heterocycles. The van der Waals surface area contributed by atoms with Crippen molar-refractivity contribution in [1.82, 2.24) is 5.32 Å². The van der Waals surface area contributed by atoms with Gasteiger partial charge in [0.05, 0.1) is 25.4 Å². The highest BCUT2D eigenvalue weighted by molar-refractivity contribution is 5.76. The minimum atomic E-state index is -1.59. The minimum absolute atomic E-state index is 0.208. The number of amides is 1. The lowest BCUT2D eigenvalue weighted by Crippen LogP contribution is -2.60. The highest BCUT2D eigenvalue weighted by atomic mass is 16.7. The Balaban J connectivity index is 2.24. The molecule has 0 bridgehead atoms. The van der Waals surface area contributed by atoms with Gasteiger partial charge in [0.2, 0.25) is 5.91 Å². The van der Waals surface area contributed by atoms with Crippen LogP contribution in [0.5, 0.6) is 0 Å². The zero-order chi connectivity index (χ0) is 56.5. The van der Waals surface area contributed by atoms with E-state index in [0.717, 1.165) is 116 Å². The monoisotopic (exact) mass is 1090 g/mol. The van der Waals surface area contributed by atoms with Gasteiger partial charge in [-0.3, -0.25) is 4.79 Å². The number of carbonyl (C=O) groups is 1. The first-order chi connectivity index (χ1) is 38.3. The molecule has 0 aromatic carbocycles. The van der Waals surface area contributed by atoms with Crippen molar-refractivity contribution in [3.8, 4) is 0 Å². The van der Waals surface area contributed by atoms with E-state index in [1.54, 1.807) is 6.08 Å². The van der Waals surface area contributed by atoms with Crippen LogP contribution in [0.3, 0.4) is 0 Å². The van der Waals surface area contributed by atoms with Gasteiger partial charge in [0.15, 0.2) is 6.29 Å². The Morgan fingerprint density at radius 1 is 0.449 bits per heavy atom. The normalized spacial score (nSPS) is 19.4. The molecule has 9 nitrogen and oxygen atoms in total. The van der Waals surface area contributed by atoms with E-state index in [1.807, 2.05) is 6.08 Å². The smallest absolute Gasteiger partial charge is 0.220 e. The highest BCUT2D eigenvalue weighted by Crippen LogP contribution is 2.23. The maximum absolute atomic E-state index is 13.1. The summed E-state index contributed by atoms with van der Waals surface area (Å²) in [5, 5.41) is 54.6. The predicted molar refractivity (Wildman–Crippen MR) is 331 cm³/mol. The molecule has 7 atom stereocenters. The lowest BCUT2D eigenvalue weighted by molar-refractivity contribution is -0.302. The molecule has 0 spiro atoms. The Morgan fingerprint density at radius 3 is 1.23 bits per heavy atom. The van der Waals surface area contributed by atoms with Gasteiger partial charge in [0, 0.05) is 6.42 Å². The van der Waals surface area contributed by atoms with Gasteiger partial charge in [-0.05, 0) is 96.3 Å². The van der Waals surface area contributed by atoms with Crippen molar-refractivity contribution < 1.29 is 39.8 Å². The summed E-state index contributed by atoms with van der Waals surface area (Å²) in [6, 6.07) is -0.846. The summed E-state index contributed by atoms with van der Waals surface area (Å²) in [5.41, 5.74) is 0. The number of allylic oxidation sites excluding steroid dienone is 17. The van der Waals surface area contributed by atoms with Crippen LogP contribution in [-0.4, -0.2) is 87.5 Å². The molecule has 1 saturated heterocycles. The molecule has 0 saturated carbocycles. The molecule has 1 amide bonds. The van der Waals surface area contributed by atoms with Crippen molar-refractivity contribution >= 4 is 5.91 Å². The quantitative estimate of drug-likeness (QED) is 0.0261. The van der Waals surface area contributed by atoms with Crippen molar-refractivity contribution in [1.29, 1.82) is 0 Å². The molecule has 1 rings (SSSR count). The average molecular weight is 1090 g/mol. The average Bonchev–Trinajstić information content (AvgIpc) is 3.45. The number of carbonyl (C=O) groups excluding carboxylic acids is 1. The molecule has 78 heavy (non-hydrogen) atoms. The molecule has 0 aromatic rings. The van der Waals surface area contributed by atoms with Gasteiger partial charge < -0.3 is 40.3 Å². The van der Waals surface area contributed by atoms with E-state index in [1.165, 1.54) is 128 Å². The largest absolute Gasteiger partial charge is 0.394 e. The molecule has 448 valence electrons. The Hall–Kier alpha value is -3.15. The van der Waals surface area contributed by atoms with Gasteiger partial charge >= 0.3 is 0 Å². The molecule has 6 N–H and O–H groups in total. The maximum Gasteiger partial charge on any atom is 0.220 e. The van der Waals surface area contributed by atoms with Crippen molar-refractivity contribution in [3.63, 3.8) is 0 Å². The van der Waals surface area contributed by atoms with E-state index >= 15 is 0 Å². The first-order valence-electron chi connectivity index (χ1n) is 32.1. The molecule has 0 radical (unpaired) electrons. The summed E-state index contributed by atoms with van der Waals surface area (Å²) in [6.07, 6.45) is 77.4. The van der Waals surface area contributed by atoms with Crippen LogP contribution in [0.1, 0.15) is 264 Å². The molecule has 1 fully saturated rings. The summed E-state index contributed by atoms with van der Waals surface area (Å²) in [7, 11) is 0. The van der Waals surface area contributed by atoms with E-state index in [2.05, 4.69) is 116 Å². The van der Waals surface area contributed by atoms with Crippen molar-refractivity contribution in [3.05, 3.63) is 109 Å². The number of nitrogens with one attached hydrogen (secondary N) is 1. The summed E-state index contributed by atoms with van der Waals surface area (Å²) in [4.78, 5) is 13.1. The van der Waals surface area contributed by atoms with E-state index < -0.39 is 49.5 Å². The molecule has 1 aliphatic rings. The predicted octanol–water partition coefficient (Wildman–Crippen LogP) is 16.9. The van der Waals surface area contributed by atoms with E-state index in [4.69, 9.17) is 9.47 Å². The minimum Gasteiger partial charge on any atom is -0.394 e. The Kier molecular flexibility index (Phi) is 53.3. The molecule has 9 heteroatoms. The van der Waals surface area contributed by atoms with Crippen LogP contribution in [0.25, 0.3) is 0 Å². The van der Waals surface area contributed by atoms with Crippen molar-refractivity contribution in [2.75, 3.05) is 13.2 Å². The standard InChI is InChI=1S/C69H119NO8/c1-3-5-7-9-11-13-15-17-19-21-23-25-27-29-30-31-32-33-35-36-38-40-42-44-46-48-50-52-54-56-58-63(72)62(61-77-69-68(76)67(75)66(74)64(60-71)78-69)70-65(73)59-57-55-53-51-49-47-45-43-41-39-37-34-28-26-24-22-20-18-16-14-12-10-8-6-4-2/h6,8,12,14,18,20,24,26,34,37,40-43,48,50,56,58,62-64,66-69,71-72,74-76H,3-5,7,9-11,13,15-17,19,21-23,25,27-33,35-36,38-39,44-47,49,51-55,57,59-61H2,1-2H3,(H,70,73)/b8-6-,14-12-,20-18-,26-24-,37-34-,42-40+,43-41-,50-48+,58-56+. The third-order valence-electron chi connectivity index (χ3n) is 14.6. The van der Waals surface area contributed by atoms with Crippen LogP contribution in [0.4, 0.5) is 0 Å². The fourth-order valence-electron chi connectivity index (χ4n) is 9.55. The lowest BCUT2D eigenvalue weighted by Gasteiger charge is -2.40. The van der Waals surface area contributed by atoms with Gasteiger partial charge in [-0.15, -0.1) is 0 Å². The Morgan fingerprint density at radius 2 is 0.808 bits per heavy atom. The van der Waals surface area contributed by atoms with Crippen LogP contribution in [-0.2, 0) is 14.3 Å². The third kappa shape index (κ3) is 45.6. The molecular weight excluding hydrogens is 971 g/mol. The number of hydrogen-bond acceptors (Lipinski definition) is 8. The summed E-state index contributed by atoms with van der Waals surface area (Å²) >= 11 is 0. The second kappa shape index (κ2) is 57.1. The van der Waals surface area contributed by atoms with E-state index in [0.29, 0.717) is 6.42 Å². The lowest BCUT2D eigenvalue weighted by atomic mass is 9.99. The number of ether oxygens (including phenoxy) is 2. The topological polar surface area (TPSA) is 149 Å². The fraction of sp³-hybridized carbons (Fsp3) is 0.725. The number of aliphatic hydroxyl groups is 5. The van der Waals surface area contributed by atoms with Gasteiger partial charge in [-0.25, -0.2) is 0 Å². The van der Waals surface area contributed by atoms with E-state index in [9.17, 15) is 30.3 Å². The first kappa shape index (κ1) is 72.9. The molecule has 7 unspecified atom stereocenters. The van der Waals surface area contributed by atoms with Crippen LogP contribution < -0.4 is 5.32 Å². The molecule has 0 aromatic heterocycles. The third-order valence-corrected chi connectivity index (χ3v) is 14.6. The summed E-state index contributed by atoms with van der Waals surface area (Å²) in [5.74, 6) is -0.208. The summed E-state index contributed by atoms with van der Waals surface area (Å²) in [6.45, 7) is 3.65. The SMILES string of the molecule is CC/C=C\C/C=C\C/C=C\C/C=C\C/C=C\C/C=C\CCCCCCCCC(=O)NC(COC1OC(CO)C(O)C(O)C1O)C(O)/C=C/CC/C=C/CC/C=C/CCCCCCCCCCCCCCCCCCCCCC. The number of hydrogen-bond donors (Lipinski definition) is 6. The maximum atomic E-state index is 13.1. The van der Waals surface area contributed by atoms with Gasteiger partial charge in [0.25, 0.3) is 0 Å². The number of aliphatic hydroxyl groups excluding tert-OH is 5. The zero-order valence-corrected chi connectivity index (χ0v) is 49.9. The van der Waals surface area contributed by atoms with Gasteiger partial charge in [-0.2, -0.15) is 0 Å². The molecule has 0 aliphatic carbocycles. The highest BCUT2D eigenvalue weighted by Gasteiger charge is 2.44. The Labute approximate surface area is 478 Å². The molecule has 1 heterocycles. The van der Waals surface area contributed by atoms with Crippen LogP contribution in [0.15, 0.2) is 109 Å².